The summed E-state index contributed by atoms with van der Waals surface area (Å²) in [6.07, 6.45) is 4.18. The fourth-order valence-electron chi connectivity index (χ4n) is 2.03. The summed E-state index contributed by atoms with van der Waals surface area (Å²) in [6.45, 7) is 5.10. The fraction of sp³-hybridized carbons (Fsp3) is 0.400. The number of hydrogen-bond acceptors (Lipinski definition) is 4. The topological polar surface area (TPSA) is 73.2 Å². The van der Waals surface area contributed by atoms with Crippen LogP contribution in [0, 0.1) is 0 Å². The third kappa shape index (κ3) is 3.51. The zero-order valence-corrected chi connectivity index (χ0v) is 11.9. The van der Waals surface area contributed by atoms with Gasteiger partial charge in [0.25, 0.3) is 0 Å². The first-order valence-electron chi connectivity index (χ1n) is 6.88. The van der Waals surface area contributed by atoms with Crippen LogP contribution in [0.2, 0.25) is 0 Å². The van der Waals surface area contributed by atoms with Crippen molar-refractivity contribution < 1.29 is 9.47 Å². The molecule has 0 aliphatic heterocycles. The van der Waals surface area contributed by atoms with Crippen molar-refractivity contribution in [2.45, 2.75) is 26.3 Å². The van der Waals surface area contributed by atoms with Gasteiger partial charge in [-0.3, -0.25) is 0 Å². The minimum Gasteiger partial charge on any atom is -0.490 e. The summed E-state index contributed by atoms with van der Waals surface area (Å²) in [4.78, 5) is 7.26. The van der Waals surface area contributed by atoms with Crippen molar-refractivity contribution in [3.05, 3.63) is 42.0 Å². The molecule has 0 saturated heterocycles. The van der Waals surface area contributed by atoms with Crippen molar-refractivity contribution in [1.82, 2.24) is 9.97 Å². The van der Waals surface area contributed by atoms with Crippen molar-refractivity contribution in [1.29, 1.82) is 0 Å². The number of imidazole rings is 1. The molecule has 20 heavy (non-hydrogen) atoms. The van der Waals surface area contributed by atoms with Gasteiger partial charge in [-0.05, 0) is 31.5 Å². The lowest BCUT2D eigenvalue weighted by atomic mass is 10.0. The quantitative estimate of drug-likeness (QED) is 0.814. The van der Waals surface area contributed by atoms with E-state index in [1.165, 1.54) is 0 Å². The highest BCUT2D eigenvalue weighted by Gasteiger charge is 2.12. The predicted molar refractivity (Wildman–Crippen MR) is 78.0 cm³/mol. The molecule has 2 aromatic rings. The number of aromatic nitrogens is 2. The van der Waals surface area contributed by atoms with Crippen LogP contribution in [0.1, 0.15) is 31.3 Å². The Morgan fingerprint density at radius 2 is 1.95 bits per heavy atom. The number of H-pyrrole nitrogens is 1. The van der Waals surface area contributed by atoms with Gasteiger partial charge in [-0.25, -0.2) is 4.98 Å². The molecule has 0 aliphatic rings. The van der Waals surface area contributed by atoms with Gasteiger partial charge in [0, 0.05) is 24.9 Å². The average Bonchev–Trinajstić information content (AvgIpc) is 2.94. The highest BCUT2D eigenvalue weighted by atomic mass is 16.5. The van der Waals surface area contributed by atoms with E-state index in [1.54, 1.807) is 12.4 Å². The smallest absolute Gasteiger partial charge is 0.161 e. The Morgan fingerprint density at radius 1 is 1.20 bits per heavy atom. The first kappa shape index (κ1) is 14.4. The van der Waals surface area contributed by atoms with Crippen molar-refractivity contribution in [2.24, 2.45) is 5.73 Å². The van der Waals surface area contributed by atoms with E-state index < -0.39 is 0 Å². The third-order valence-corrected chi connectivity index (χ3v) is 2.96. The molecular formula is C15H21N3O2. The molecule has 3 N–H and O–H groups in total. The minimum absolute atomic E-state index is 0.129. The molecule has 0 aliphatic carbocycles. The van der Waals surface area contributed by atoms with Gasteiger partial charge >= 0.3 is 0 Å². The second kappa shape index (κ2) is 6.96. The Balaban J connectivity index is 2.16. The molecule has 0 bridgehead atoms. The molecule has 0 spiro atoms. The molecule has 1 atom stereocenters. The van der Waals surface area contributed by atoms with E-state index in [2.05, 4.69) is 9.97 Å². The van der Waals surface area contributed by atoms with E-state index in [4.69, 9.17) is 15.2 Å². The van der Waals surface area contributed by atoms with Gasteiger partial charge in [-0.15, -0.1) is 0 Å². The van der Waals surface area contributed by atoms with Crippen molar-refractivity contribution in [3.63, 3.8) is 0 Å². The van der Waals surface area contributed by atoms with E-state index in [0.717, 1.165) is 22.9 Å². The van der Waals surface area contributed by atoms with Crippen LogP contribution in [0.15, 0.2) is 30.6 Å². The van der Waals surface area contributed by atoms with E-state index in [1.807, 2.05) is 32.0 Å². The number of benzene rings is 1. The van der Waals surface area contributed by atoms with Crippen LogP contribution in [-0.2, 0) is 6.42 Å². The van der Waals surface area contributed by atoms with Gasteiger partial charge in [-0.1, -0.05) is 6.07 Å². The summed E-state index contributed by atoms with van der Waals surface area (Å²) in [5.41, 5.74) is 7.23. The van der Waals surface area contributed by atoms with Crippen LogP contribution in [0.4, 0.5) is 0 Å². The first-order valence-corrected chi connectivity index (χ1v) is 6.88. The fourth-order valence-corrected chi connectivity index (χ4v) is 2.03. The molecule has 5 nitrogen and oxygen atoms in total. The number of nitrogens with two attached hydrogens (primary N) is 1. The summed E-state index contributed by atoms with van der Waals surface area (Å²) < 4.78 is 11.2. The Morgan fingerprint density at radius 3 is 2.60 bits per heavy atom. The number of ether oxygens (including phenoxy) is 2. The molecule has 108 valence electrons. The number of hydrogen-bond donors (Lipinski definition) is 2. The Labute approximate surface area is 119 Å². The average molecular weight is 275 g/mol. The normalized spacial score (nSPS) is 12.2. The third-order valence-electron chi connectivity index (χ3n) is 2.96. The van der Waals surface area contributed by atoms with Crippen LogP contribution >= 0.6 is 0 Å². The lowest BCUT2D eigenvalue weighted by Crippen LogP contribution is -2.14. The zero-order chi connectivity index (χ0) is 14.4. The number of nitrogens with one attached hydrogen (secondary N) is 1. The first-order chi connectivity index (χ1) is 9.74. The van der Waals surface area contributed by atoms with E-state index in [0.29, 0.717) is 19.6 Å². The second-order valence-corrected chi connectivity index (χ2v) is 4.42. The molecule has 1 aromatic carbocycles. The Bertz CT molecular complexity index is 526. The Hall–Kier alpha value is -2.01. The monoisotopic (exact) mass is 275 g/mol. The van der Waals surface area contributed by atoms with Crippen LogP contribution in [0.25, 0.3) is 0 Å². The van der Waals surface area contributed by atoms with Crippen LogP contribution in [0.3, 0.4) is 0 Å². The molecule has 5 heteroatoms. The zero-order valence-electron chi connectivity index (χ0n) is 11.9. The molecule has 1 unspecified atom stereocenters. The molecule has 0 saturated carbocycles. The molecule has 1 aromatic heterocycles. The van der Waals surface area contributed by atoms with Gasteiger partial charge in [0.1, 0.15) is 5.82 Å². The van der Waals surface area contributed by atoms with E-state index in [-0.39, 0.29) is 6.04 Å². The molecule has 1 heterocycles. The SMILES string of the molecule is CCOc1ccc(C(N)Cc2ncc[nH]2)cc1OCC. The summed E-state index contributed by atoms with van der Waals surface area (Å²) in [5, 5.41) is 0. The van der Waals surface area contributed by atoms with Gasteiger partial charge in [-0.2, -0.15) is 0 Å². The minimum atomic E-state index is -0.129. The maximum Gasteiger partial charge on any atom is 0.161 e. The lowest BCUT2D eigenvalue weighted by Gasteiger charge is -2.15. The maximum absolute atomic E-state index is 6.22. The molecule has 0 amide bonds. The van der Waals surface area contributed by atoms with Gasteiger partial charge < -0.3 is 20.2 Å². The Kier molecular flexibility index (Phi) is 5.01. The summed E-state index contributed by atoms with van der Waals surface area (Å²) in [5.74, 6) is 2.37. The lowest BCUT2D eigenvalue weighted by molar-refractivity contribution is 0.287. The van der Waals surface area contributed by atoms with Gasteiger partial charge in [0.05, 0.1) is 13.2 Å². The van der Waals surface area contributed by atoms with Crippen LogP contribution in [-0.4, -0.2) is 23.2 Å². The summed E-state index contributed by atoms with van der Waals surface area (Å²) in [6, 6.07) is 5.70. The van der Waals surface area contributed by atoms with Crippen LogP contribution in [0.5, 0.6) is 11.5 Å². The maximum atomic E-state index is 6.22. The van der Waals surface area contributed by atoms with E-state index in [9.17, 15) is 0 Å². The number of rotatable bonds is 7. The predicted octanol–water partition coefficient (Wildman–Crippen LogP) is 2.45. The van der Waals surface area contributed by atoms with E-state index >= 15 is 0 Å². The summed E-state index contributed by atoms with van der Waals surface area (Å²) in [7, 11) is 0. The number of aromatic amines is 1. The van der Waals surface area contributed by atoms with Crippen molar-refractivity contribution in [2.75, 3.05) is 13.2 Å². The molecular weight excluding hydrogens is 254 g/mol. The molecule has 2 rings (SSSR count). The van der Waals surface area contributed by atoms with Crippen LogP contribution < -0.4 is 15.2 Å². The highest BCUT2D eigenvalue weighted by Crippen LogP contribution is 2.30. The van der Waals surface area contributed by atoms with Crippen molar-refractivity contribution in [3.8, 4) is 11.5 Å². The second-order valence-electron chi connectivity index (χ2n) is 4.42. The standard InChI is InChI=1S/C15H21N3O2/c1-3-19-13-6-5-11(9-14(13)20-4-2)12(16)10-15-17-7-8-18-15/h5-9,12H,3-4,10,16H2,1-2H3,(H,17,18). The van der Waals surface area contributed by atoms with Gasteiger partial charge in [0.15, 0.2) is 11.5 Å². The largest absolute Gasteiger partial charge is 0.490 e. The number of nitrogens with zero attached hydrogens (tertiary/aromatic N) is 1. The highest BCUT2D eigenvalue weighted by molar-refractivity contribution is 5.44. The summed E-state index contributed by atoms with van der Waals surface area (Å²) >= 11 is 0. The molecule has 0 radical (unpaired) electrons. The molecule has 0 fully saturated rings. The van der Waals surface area contributed by atoms with Crippen molar-refractivity contribution >= 4 is 0 Å². The van der Waals surface area contributed by atoms with Gasteiger partial charge in [0.2, 0.25) is 0 Å².